The van der Waals surface area contributed by atoms with Crippen molar-refractivity contribution < 1.29 is 5.21 Å². The van der Waals surface area contributed by atoms with Crippen LogP contribution in [0.4, 0.5) is 5.69 Å². The highest BCUT2D eigenvalue weighted by Gasteiger charge is 2.22. The lowest BCUT2D eigenvalue weighted by molar-refractivity contribution is 0.304. The standard InChI is InChI=1S/C15H22N4OS/c1-15(2,14(16)19-20)7-3-4-8-17-11-5-6-12-13(9-11)21-10-18-12/h5-6,9-10,17,20H,3-4,7-8H2,1-2H3,(H2,16,19). The fourth-order valence-corrected chi connectivity index (χ4v) is 2.87. The van der Waals surface area contributed by atoms with Crippen LogP contribution in [0.2, 0.25) is 0 Å². The summed E-state index contributed by atoms with van der Waals surface area (Å²) in [7, 11) is 0. The van der Waals surface area contributed by atoms with E-state index in [1.54, 1.807) is 11.3 Å². The number of amidine groups is 1. The van der Waals surface area contributed by atoms with Crippen LogP contribution in [0.1, 0.15) is 33.1 Å². The Kier molecular flexibility index (Phi) is 5.01. The van der Waals surface area contributed by atoms with Gasteiger partial charge in [-0.2, -0.15) is 0 Å². The first-order chi connectivity index (χ1) is 10.0. The highest BCUT2D eigenvalue weighted by molar-refractivity contribution is 7.16. The van der Waals surface area contributed by atoms with Gasteiger partial charge in [0.25, 0.3) is 0 Å². The summed E-state index contributed by atoms with van der Waals surface area (Å²) in [5.74, 6) is 0.297. The third kappa shape index (κ3) is 4.07. The van der Waals surface area contributed by atoms with Gasteiger partial charge in [0.15, 0.2) is 0 Å². The Hall–Kier alpha value is -1.82. The molecule has 0 aliphatic carbocycles. The maximum absolute atomic E-state index is 8.74. The number of thiazole rings is 1. The SMILES string of the molecule is CC(C)(CCCCNc1ccc2ncsc2c1)/C(N)=N/O. The number of nitrogens with two attached hydrogens (primary N) is 1. The molecular weight excluding hydrogens is 284 g/mol. The lowest BCUT2D eigenvalue weighted by Gasteiger charge is -2.22. The van der Waals surface area contributed by atoms with Crippen LogP contribution in [0.5, 0.6) is 0 Å². The number of anilines is 1. The molecule has 2 rings (SSSR count). The summed E-state index contributed by atoms with van der Waals surface area (Å²) in [5.41, 5.74) is 9.46. The van der Waals surface area contributed by atoms with Crippen LogP contribution in [0.25, 0.3) is 10.2 Å². The summed E-state index contributed by atoms with van der Waals surface area (Å²) in [4.78, 5) is 4.27. The predicted molar refractivity (Wildman–Crippen MR) is 89.2 cm³/mol. The van der Waals surface area contributed by atoms with Crippen LogP contribution in [-0.2, 0) is 0 Å². The summed E-state index contributed by atoms with van der Waals surface area (Å²) in [5, 5.41) is 15.3. The Bertz CT molecular complexity index is 621. The van der Waals surface area contributed by atoms with Gasteiger partial charge in [0, 0.05) is 17.6 Å². The minimum absolute atomic E-state index is 0.254. The Morgan fingerprint density at radius 2 is 2.24 bits per heavy atom. The van der Waals surface area contributed by atoms with Crippen molar-refractivity contribution in [2.24, 2.45) is 16.3 Å². The van der Waals surface area contributed by atoms with E-state index in [9.17, 15) is 0 Å². The second-order valence-electron chi connectivity index (χ2n) is 5.79. The van der Waals surface area contributed by atoms with Crippen molar-refractivity contribution >= 4 is 33.1 Å². The first kappa shape index (κ1) is 15.6. The molecule has 2 aromatic rings. The molecule has 0 unspecified atom stereocenters. The van der Waals surface area contributed by atoms with Crippen LogP contribution in [0.15, 0.2) is 28.9 Å². The molecule has 0 radical (unpaired) electrons. The third-order valence-electron chi connectivity index (χ3n) is 3.69. The molecule has 0 saturated carbocycles. The van der Waals surface area contributed by atoms with E-state index in [1.807, 2.05) is 25.4 Å². The zero-order valence-electron chi connectivity index (χ0n) is 12.5. The number of aromatic nitrogens is 1. The number of unbranched alkanes of at least 4 members (excludes halogenated alkanes) is 1. The Morgan fingerprint density at radius 3 is 3.00 bits per heavy atom. The first-order valence-electron chi connectivity index (χ1n) is 7.08. The van der Waals surface area contributed by atoms with Gasteiger partial charge in [0.2, 0.25) is 0 Å². The minimum atomic E-state index is -0.254. The summed E-state index contributed by atoms with van der Waals surface area (Å²) in [6.07, 6.45) is 2.97. The normalized spacial score (nSPS) is 12.8. The van der Waals surface area contributed by atoms with E-state index in [2.05, 4.69) is 27.6 Å². The highest BCUT2D eigenvalue weighted by Crippen LogP contribution is 2.24. The molecule has 1 aromatic heterocycles. The van der Waals surface area contributed by atoms with E-state index in [-0.39, 0.29) is 5.41 Å². The fourth-order valence-electron chi connectivity index (χ4n) is 2.15. The van der Waals surface area contributed by atoms with Gasteiger partial charge >= 0.3 is 0 Å². The van der Waals surface area contributed by atoms with Crippen molar-refractivity contribution in [3.63, 3.8) is 0 Å². The van der Waals surface area contributed by atoms with Crippen molar-refractivity contribution in [3.8, 4) is 0 Å². The topological polar surface area (TPSA) is 83.5 Å². The quantitative estimate of drug-likeness (QED) is 0.240. The van der Waals surface area contributed by atoms with Gasteiger partial charge in [-0.05, 0) is 31.0 Å². The second-order valence-corrected chi connectivity index (χ2v) is 6.67. The summed E-state index contributed by atoms with van der Waals surface area (Å²) in [6.45, 7) is 4.90. The van der Waals surface area contributed by atoms with E-state index < -0.39 is 0 Å². The average Bonchev–Trinajstić information content (AvgIpc) is 2.93. The van der Waals surface area contributed by atoms with E-state index in [1.165, 1.54) is 4.70 Å². The molecule has 0 saturated heterocycles. The van der Waals surface area contributed by atoms with Gasteiger partial charge in [-0.3, -0.25) is 0 Å². The number of hydrogen-bond donors (Lipinski definition) is 3. The molecule has 4 N–H and O–H groups in total. The minimum Gasteiger partial charge on any atom is -0.409 e. The van der Waals surface area contributed by atoms with Gasteiger partial charge in [0.05, 0.1) is 15.7 Å². The lowest BCUT2D eigenvalue weighted by Crippen LogP contribution is -2.31. The molecule has 0 amide bonds. The van der Waals surface area contributed by atoms with Crippen molar-refractivity contribution in [3.05, 3.63) is 23.7 Å². The van der Waals surface area contributed by atoms with Crippen LogP contribution in [-0.4, -0.2) is 22.6 Å². The maximum atomic E-state index is 8.74. The molecule has 1 aromatic carbocycles. The largest absolute Gasteiger partial charge is 0.409 e. The number of fused-ring (bicyclic) bond motifs is 1. The summed E-state index contributed by atoms with van der Waals surface area (Å²) in [6, 6.07) is 6.23. The number of nitrogens with one attached hydrogen (secondary N) is 1. The maximum Gasteiger partial charge on any atom is 0.144 e. The van der Waals surface area contributed by atoms with Gasteiger partial charge < -0.3 is 16.3 Å². The monoisotopic (exact) mass is 306 g/mol. The number of oxime groups is 1. The summed E-state index contributed by atoms with van der Waals surface area (Å²) < 4.78 is 1.20. The van der Waals surface area contributed by atoms with Gasteiger partial charge in [-0.1, -0.05) is 25.4 Å². The molecular formula is C15H22N4OS. The second kappa shape index (κ2) is 6.76. The molecule has 21 heavy (non-hydrogen) atoms. The lowest BCUT2D eigenvalue weighted by atomic mass is 9.86. The molecule has 114 valence electrons. The summed E-state index contributed by atoms with van der Waals surface area (Å²) >= 11 is 1.65. The fraction of sp³-hybridized carbons (Fsp3) is 0.467. The molecule has 1 heterocycles. The Labute approximate surface area is 128 Å². The molecule has 0 aliphatic rings. The van der Waals surface area contributed by atoms with E-state index in [0.717, 1.165) is 37.0 Å². The third-order valence-corrected chi connectivity index (χ3v) is 4.48. The highest BCUT2D eigenvalue weighted by atomic mass is 32.1. The average molecular weight is 306 g/mol. The van der Waals surface area contributed by atoms with E-state index in [0.29, 0.717) is 5.84 Å². The van der Waals surface area contributed by atoms with E-state index in [4.69, 9.17) is 10.9 Å². The first-order valence-corrected chi connectivity index (χ1v) is 7.96. The molecule has 0 fully saturated rings. The molecule has 0 spiro atoms. The number of benzene rings is 1. The van der Waals surface area contributed by atoms with E-state index >= 15 is 0 Å². The Morgan fingerprint density at radius 1 is 1.43 bits per heavy atom. The smallest absolute Gasteiger partial charge is 0.144 e. The molecule has 0 bridgehead atoms. The van der Waals surface area contributed by atoms with Gasteiger partial charge in [-0.15, -0.1) is 11.3 Å². The number of nitrogens with zero attached hydrogens (tertiary/aromatic N) is 2. The van der Waals surface area contributed by atoms with Crippen LogP contribution >= 0.6 is 11.3 Å². The van der Waals surface area contributed by atoms with Gasteiger partial charge in [0.1, 0.15) is 5.84 Å². The molecule has 0 atom stereocenters. The van der Waals surface area contributed by atoms with Gasteiger partial charge in [-0.25, -0.2) is 4.98 Å². The van der Waals surface area contributed by atoms with Crippen LogP contribution in [0.3, 0.4) is 0 Å². The zero-order chi connectivity index (χ0) is 15.3. The number of hydrogen-bond acceptors (Lipinski definition) is 5. The van der Waals surface area contributed by atoms with Crippen molar-refractivity contribution in [1.82, 2.24) is 4.98 Å². The molecule has 0 aliphatic heterocycles. The van der Waals surface area contributed by atoms with Crippen molar-refractivity contribution in [2.75, 3.05) is 11.9 Å². The van der Waals surface area contributed by atoms with Crippen LogP contribution in [0, 0.1) is 5.41 Å². The molecule has 5 nitrogen and oxygen atoms in total. The van der Waals surface area contributed by atoms with Crippen molar-refractivity contribution in [1.29, 1.82) is 0 Å². The zero-order valence-corrected chi connectivity index (χ0v) is 13.3. The molecule has 6 heteroatoms. The van der Waals surface area contributed by atoms with Crippen LogP contribution < -0.4 is 11.1 Å². The Balaban J connectivity index is 1.74. The van der Waals surface area contributed by atoms with Crippen molar-refractivity contribution in [2.45, 2.75) is 33.1 Å². The predicted octanol–water partition coefficient (Wildman–Crippen LogP) is 3.65. The number of rotatable bonds is 7.